The van der Waals surface area contributed by atoms with Crippen molar-refractivity contribution in [3.8, 4) is 5.75 Å². The lowest BCUT2D eigenvalue weighted by Gasteiger charge is -2.16. The lowest BCUT2D eigenvalue weighted by molar-refractivity contribution is -0.143. The summed E-state index contributed by atoms with van der Waals surface area (Å²) in [5, 5.41) is 0.656. The topological polar surface area (TPSA) is 52.6 Å². The van der Waals surface area contributed by atoms with Crippen LogP contribution in [0.4, 0.5) is 0 Å². The van der Waals surface area contributed by atoms with Gasteiger partial charge in [-0.15, -0.1) is 0 Å². The molecule has 0 fully saturated rings. The van der Waals surface area contributed by atoms with E-state index in [2.05, 4.69) is 0 Å². The van der Waals surface area contributed by atoms with Crippen molar-refractivity contribution in [2.45, 2.75) is 39.0 Å². The summed E-state index contributed by atoms with van der Waals surface area (Å²) in [7, 11) is 1.63. The van der Waals surface area contributed by atoms with Crippen molar-refractivity contribution in [3.05, 3.63) is 64.7 Å². The number of benzene rings is 2. The van der Waals surface area contributed by atoms with Crippen LogP contribution in [0, 0.1) is 5.92 Å². The molecule has 0 heterocycles. The molecule has 28 heavy (non-hydrogen) atoms. The van der Waals surface area contributed by atoms with Crippen LogP contribution in [0.2, 0.25) is 5.02 Å². The fraction of sp³-hybridized carbons (Fsp3) is 0.391. The van der Waals surface area contributed by atoms with Crippen molar-refractivity contribution < 1.29 is 19.1 Å². The van der Waals surface area contributed by atoms with Gasteiger partial charge in [-0.05, 0) is 61.1 Å². The van der Waals surface area contributed by atoms with E-state index in [1.807, 2.05) is 36.4 Å². The highest BCUT2D eigenvalue weighted by molar-refractivity contribution is 6.30. The number of carbonyl (C=O) groups is 2. The minimum atomic E-state index is -0.215. The van der Waals surface area contributed by atoms with Crippen LogP contribution in [-0.2, 0) is 27.2 Å². The van der Waals surface area contributed by atoms with Crippen molar-refractivity contribution in [2.24, 2.45) is 5.92 Å². The van der Waals surface area contributed by atoms with E-state index in [0.29, 0.717) is 37.3 Å². The van der Waals surface area contributed by atoms with Crippen LogP contribution in [0.5, 0.6) is 5.75 Å². The lowest BCUT2D eigenvalue weighted by Crippen LogP contribution is -2.15. The third-order valence-electron chi connectivity index (χ3n) is 4.58. The number of carbonyl (C=O) groups excluding carboxylic acids is 2. The van der Waals surface area contributed by atoms with E-state index < -0.39 is 0 Å². The van der Waals surface area contributed by atoms with E-state index in [-0.39, 0.29) is 17.7 Å². The Kier molecular flexibility index (Phi) is 9.02. The van der Waals surface area contributed by atoms with Crippen LogP contribution in [-0.4, -0.2) is 25.5 Å². The average Bonchev–Trinajstić information content (AvgIpc) is 2.69. The Labute approximate surface area is 171 Å². The highest BCUT2D eigenvalue weighted by atomic mass is 35.5. The first-order valence-electron chi connectivity index (χ1n) is 9.54. The molecule has 0 amide bonds. The summed E-state index contributed by atoms with van der Waals surface area (Å²) < 4.78 is 10.2. The Morgan fingerprint density at radius 2 is 1.64 bits per heavy atom. The Balaban J connectivity index is 1.99. The maximum Gasteiger partial charge on any atom is 0.305 e. The number of ether oxygens (including phenoxy) is 2. The monoisotopic (exact) mass is 402 g/mol. The molecule has 0 radical (unpaired) electrons. The van der Waals surface area contributed by atoms with E-state index in [4.69, 9.17) is 21.1 Å². The van der Waals surface area contributed by atoms with E-state index in [9.17, 15) is 9.59 Å². The predicted octanol–water partition coefficient (Wildman–Crippen LogP) is 5.05. The largest absolute Gasteiger partial charge is 0.497 e. The normalized spacial score (nSPS) is 11.7. The molecule has 0 aliphatic rings. The van der Waals surface area contributed by atoms with Gasteiger partial charge in [-0.25, -0.2) is 0 Å². The number of hydrogen-bond donors (Lipinski definition) is 0. The van der Waals surface area contributed by atoms with E-state index >= 15 is 0 Å². The Bertz CT molecular complexity index is 753. The van der Waals surface area contributed by atoms with Crippen LogP contribution < -0.4 is 4.74 Å². The van der Waals surface area contributed by atoms with Gasteiger partial charge < -0.3 is 9.47 Å². The van der Waals surface area contributed by atoms with Crippen LogP contribution in [0.25, 0.3) is 0 Å². The highest BCUT2D eigenvalue weighted by Crippen LogP contribution is 2.22. The maximum absolute atomic E-state index is 12.6. The molecule has 1 unspecified atom stereocenters. The van der Waals surface area contributed by atoms with Gasteiger partial charge in [0.1, 0.15) is 11.5 Å². The molecular weight excluding hydrogens is 376 g/mol. The van der Waals surface area contributed by atoms with Crippen LogP contribution >= 0.6 is 11.6 Å². The lowest BCUT2D eigenvalue weighted by atomic mass is 9.89. The Morgan fingerprint density at radius 3 is 2.25 bits per heavy atom. The van der Waals surface area contributed by atoms with Gasteiger partial charge in [-0.1, -0.05) is 35.9 Å². The van der Waals surface area contributed by atoms with Crippen molar-refractivity contribution in [2.75, 3.05) is 13.7 Å². The number of esters is 1. The molecule has 0 aliphatic heterocycles. The molecule has 2 rings (SSSR count). The standard InChI is InChI=1S/C23H27ClO4/c1-3-28-23(26)13-8-19(14-17-6-11-22(27-2)12-7-17)16-21(25)15-18-4-9-20(24)10-5-18/h4-7,9-12,19H,3,8,13-16H2,1-2H3. The van der Waals surface area contributed by atoms with Gasteiger partial charge in [0.2, 0.25) is 0 Å². The summed E-state index contributed by atoms with van der Waals surface area (Å²) in [6, 6.07) is 15.1. The minimum absolute atomic E-state index is 0.0811. The SMILES string of the molecule is CCOC(=O)CCC(CC(=O)Cc1ccc(Cl)cc1)Cc1ccc(OC)cc1. The van der Waals surface area contributed by atoms with Gasteiger partial charge in [0, 0.05) is 24.3 Å². The van der Waals surface area contributed by atoms with Gasteiger partial charge in [0.05, 0.1) is 13.7 Å². The van der Waals surface area contributed by atoms with Crippen molar-refractivity contribution in [1.82, 2.24) is 0 Å². The van der Waals surface area contributed by atoms with Gasteiger partial charge in [-0.3, -0.25) is 9.59 Å². The molecule has 0 aromatic heterocycles. The molecule has 0 aliphatic carbocycles. The van der Waals surface area contributed by atoms with Gasteiger partial charge in [0.15, 0.2) is 0 Å². The van der Waals surface area contributed by atoms with E-state index in [1.54, 1.807) is 26.2 Å². The average molecular weight is 403 g/mol. The molecule has 4 nitrogen and oxygen atoms in total. The number of ketones is 1. The van der Waals surface area contributed by atoms with Crippen molar-refractivity contribution >= 4 is 23.4 Å². The Morgan fingerprint density at radius 1 is 1.00 bits per heavy atom. The minimum Gasteiger partial charge on any atom is -0.497 e. The molecule has 1 atom stereocenters. The molecule has 5 heteroatoms. The second-order valence-corrected chi connectivity index (χ2v) is 7.24. The second-order valence-electron chi connectivity index (χ2n) is 6.81. The number of hydrogen-bond acceptors (Lipinski definition) is 4. The summed E-state index contributed by atoms with van der Waals surface area (Å²) in [4.78, 5) is 24.4. The van der Waals surface area contributed by atoms with Gasteiger partial charge in [-0.2, -0.15) is 0 Å². The molecule has 2 aromatic carbocycles. The third kappa shape index (κ3) is 7.73. The zero-order chi connectivity index (χ0) is 20.4. The molecule has 0 bridgehead atoms. The van der Waals surface area contributed by atoms with Crippen LogP contribution in [0.3, 0.4) is 0 Å². The number of Topliss-reactive ketones (excluding diaryl/α,β-unsaturated/α-hetero) is 1. The molecule has 0 saturated heterocycles. The van der Waals surface area contributed by atoms with Crippen molar-refractivity contribution in [3.63, 3.8) is 0 Å². The highest BCUT2D eigenvalue weighted by Gasteiger charge is 2.17. The second kappa shape index (κ2) is 11.5. The number of methoxy groups -OCH3 is 1. The molecular formula is C23H27ClO4. The Hall–Kier alpha value is -2.33. The quantitative estimate of drug-likeness (QED) is 0.493. The van der Waals surface area contributed by atoms with Gasteiger partial charge in [0.25, 0.3) is 0 Å². The number of halogens is 1. The summed E-state index contributed by atoms with van der Waals surface area (Å²) in [6.45, 7) is 2.17. The third-order valence-corrected chi connectivity index (χ3v) is 4.83. The first-order valence-corrected chi connectivity index (χ1v) is 9.92. The summed E-state index contributed by atoms with van der Waals surface area (Å²) in [5.74, 6) is 0.820. The molecule has 0 saturated carbocycles. The summed E-state index contributed by atoms with van der Waals surface area (Å²) in [5.41, 5.74) is 2.07. The molecule has 150 valence electrons. The van der Waals surface area contributed by atoms with E-state index in [1.165, 1.54) is 0 Å². The van der Waals surface area contributed by atoms with Gasteiger partial charge >= 0.3 is 5.97 Å². The van der Waals surface area contributed by atoms with E-state index in [0.717, 1.165) is 23.3 Å². The molecule has 0 spiro atoms. The summed E-state index contributed by atoms with van der Waals surface area (Å²) >= 11 is 5.90. The molecule has 0 N–H and O–H groups in total. The maximum atomic E-state index is 12.6. The fourth-order valence-electron chi connectivity index (χ4n) is 3.15. The van der Waals surface area contributed by atoms with Crippen LogP contribution in [0.1, 0.15) is 37.3 Å². The van der Waals surface area contributed by atoms with Crippen molar-refractivity contribution in [1.29, 1.82) is 0 Å². The van der Waals surface area contributed by atoms with Crippen LogP contribution in [0.15, 0.2) is 48.5 Å². The predicted molar refractivity (Wildman–Crippen MR) is 111 cm³/mol. The fourth-order valence-corrected chi connectivity index (χ4v) is 3.28. The molecule has 2 aromatic rings. The zero-order valence-corrected chi connectivity index (χ0v) is 17.2. The number of rotatable bonds is 11. The first-order chi connectivity index (χ1) is 13.5. The summed E-state index contributed by atoms with van der Waals surface area (Å²) in [6.07, 6.45) is 2.47. The smallest absolute Gasteiger partial charge is 0.305 e. The zero-order valence-electron chi connectivity index (χ0n) is 16.4. The first kappa shape index (κ1) is 22.0.